The molecule has 1 saturated heterocycles. The summed E-state index contributed by atoms with van der Waals surface area (Å²) < 4.78 is 0. The molecule has 0 saturated carbocycles. The first-order valence-electron chi connectivity index (χ1n) is 9.03. The average Bonchev–Trinajstić information content (AvgIpc) is 3.14. The molecule has 1 aliphatic rings. The quantitative estimate of drug-likeness (QED) is 0.806. The summed E-state index contributed by atoms with van der Waals surface area (Å²) in [5.74, 6) is 0.0804. The van der Waals surface area contributed by atoms with Crippen molar-refractivity contribution in [2.24, 2.45) is 0 Å². The second-order valence-corrected chi connectivity index (χ2v) is 6.20. The molecular weight excluding hydrogens is 338 g/mol. The molecule has 1 aromatic rings. The molecule has 0 aliphatic carbocycles. The number of hydrogen-bond acceptors (Lipinski definition) is 3. The summed E-state index contributed by atoms with van der Waals surface area (Å²) in [4.78, 5) is 29.0. The average molecular weight is 368 g/mol. The van der Waals surface area contributed by atoms with Gasteiger partial charge in [-0.05, 0) is 57.5 Å². The van der Waals surface area contributed by atoms with E-state index in [2.05, 4.69) is 12.2 Å². The zero-order valence-electron chi connectivity index (χ0n) is 15.5. The predicted molar refractivity (Wildman–Crippen MR) is 104 cm³/mol. The van der Waals surface area contributed by atoms with Gasteiger partial charge in [0.2, 0.25) is 0 Å². The Bertz CT molecular complexity index is 552. The highest BCUT2D eigenvalue weighted by Gasteiger charge is 2.26. The number of nitrogens with one attached hydrogen (secondary N) is 1. The van der Waals surface area contributed by atoms with Crippen molar-refractivity contribution < 1.29 is 9.59 Å². The van der Waals surface area contributed by atoms with Crippen LogP contribution in [0.4, 0.5) is 0 Å². The van der Waals surface area contributed by atoms with Gasteiger partial charge in [-0.2, -0.15) is 0 Å². The van der Waals surface area contributed by atoms with Crippen molar-refractivity contribution in [3.8, 4) is 0 Å². The third-order valence-corrected chi connectivity index (χ3v) is 4.63. The highest BCUT2D eigenvalue weighted by Crippen LogP contribution is 2.15. The molecule has 0 aromatic heterocycles. The van der Waals surface area contributed by atoms with E-state index in [0.29, 0.717) is 24.2 Å². The van der Waals surface area contributed by atoms with Gasteiger partial charge in [0, 0.05) is 43.3 Å². The lowest BCUT2D eigenvalue weighted by atomic mass is 10.1. The molecule has 1 heterocycles. The molecule has 6 heteroatoms. The van der Waals surface area contributed by atoms with E-state index < -0.39 is 0 Å². The molecule has 140 valence electrons. The monoisotopic (exact) mass is 367 g/mol. The molecule has 1 unspecified atom stereocenters. The molecular formula is C19H30ClN3O2. The molecule has 2 rings (SSSR count). The van der Waals surface area contributed by atoms with Gasteiger partial charge in [-0.25, -0.2) is 0 Å². The fraction of sp³-hybridized carbons (Fsp3) is 0.579. The first-order chi connectivity index (χ1) is 11.6. The van der Waals surface area contributed by atoms with Crippen LogP contribution in [0.2, 0.25) is 0 Å². The molecule has 1 aliphatic heterocycles. The summed E-state index contributed by atoms with van der Waals surface area (Å²) in [6, 6.07) is 7.37. The Morgan fingerprint density at radius 1 is 1.04 bits per heavy atom. The summed E-state index contributed by atoms with van der Waals surface area (Å²) >= 11 is 0. The number of benzene rings is 1. The van der Waals surface area contributed by atoms with Crippen LogP contribution in [0.15, 0.2) is 24.3 Å². The summed E-state index contributed by atoms with van der Waals surface area (Å²) in [6.45, 7) is 10.0. The Morgan fingerprint density at radius 2 is 1.60 bits per heavy atom. The molecule has 2 amide bonds. The van der Waals surface area contributed by atoms with Gasteiger partial charge in [-0.1, -0.05) is 6.92 Å². The molecule has 25 heavy (non-hydrogen) atoms. The standard InChI is InChI=1S/C19H29N3O2.ClH/c1-4-13-22(17-11-12-20-14-17)19(24)16-9-7-15(8-10-16)18(23)21(5-2)6-3;/h7-10,17,20H,4-6,11-14H2,1-3H3;1H. The first-order valence-corrected chi connectivity index (χ1v) is 9.03. The summed E-state index contributed by atoms with van der Waals surface area (Å²) in [7, 11) is 0. The molecule has 1 atom stereocenters. The van der Waals surface area contributed by atoms with Gasteiger partial charge in [0.1, 0.15) is 0 Å². The number of rotatable bonds is 7. The fourth-order valence-electron chi connectivity index (χ4n) is 3.21. The van der Waals surface area contributed by atoms with Crippen LogP contribution in [-0.4, -0.2) is 60.4 Å². The van der Waals surface area contributed by atoms with Gasteiger partial charge in [0.05, 0.1) is 0 Å². The molecule has 1 fully saturated rings. The number of hydrogen-bond donors (Lipinski definition) is 1. The molecule has 0 spiro atoms. The van der Waals surface area contributed by atoms with E-state index in [1.807, 2.05) is 18.7 Å². The fourth-order valence-corrected chi connectivity index (χ4v) is 3.21. The zero-order chi connectivity index (χ0) is 17.5. The van der Waals surface area contributed by atoms with Crippen LogP contribution in [0.5, 0.6) is 0 Å². The van der Waals surface area contributed by atoms with Crippen LogP contribution in [0.25, 0.3) is 0 Å². The van der Waals surface area contributed by atoms with Crippen molar-refractivity contribution in [1.82, 2.24) is 15.1 Å². The Balaban J connectivity index is 0.00000312. The van der Waals surface area contributed by atoms with Crippen molar-refractivity contribution >= 4 is 24.2 Å². The zero-order valence-corrected chi connectivity index (χ0v) is 16.3. The minimum atomic E-state index is 0. The van der Waals surface area contributed by atoms with E-state index in [4.69, 9.17) is 0 Å². The van der Waals surface area contributed by atoms with Gasteiger partial charge in [-0.3, -0.25) is 9.59 Å². The van der Waals surface area contributed by atoms with Crippen LogP contribution in [0.3, 0.4) is 0 Å². The lowest BCUT2D eigenvalue weighted by Gasteiger charge is -2.28. The maximum Gasteiger partial charge on any atom is 0.254 e. The number of halogens is 1. The van der Waals surface area contributed by atoms with Crippen LogP contribution in [0, 0.1) is 0 Å². The third kappa shape index (κ3) is 5.19. The third-order valence-electron chi connectivity index (χ3n) is 4.63. The van der Waals surface area contributed by atoms with Gasteiger partial charge < -0.3 is 15.1 Å². The maximum atomic E-state index is 12.9. The first kappa shape index (κ1) is 21.5. The van der Waals surface area contributed by atoms with Gasteiger partial charge in [0.15, 0.2) is 0 Å². The Kier molecular flexibility index (Phi) is 8.93. The Labute approximate surface area is 157 Å². The molecule has 1 N–H and O–H groups in total. The predicted octanol–water partition coefficient (Wildman–Crippen LogP) is 2.80. The minimum absolute atomic E-state index is 0. The summed E-state index contributed by atoms with van der Waals surface area (Å²) in [5, 5.41) is 3.32. The summed E-state index contributed by atoms with van der Waals surface area (Å²) in [6.07, 6.45) is 1.95. The number of carbonyl (C=O) groups excluding carboxylic acids is 2. The number of amides is 2. The smallest absolute Gasteiger partial charge is 0.254 e. The largest absolute Gasteiger partial charge is 0.339 e. The van der Waals surface area contributed by atoms with Gasteiger partial charge in [0.25, 0.3) is 11.8 Å². The van der Waals surface area contributed by atoms with E-state index in [9.17, 15) is 9.59 Å². The van der Waals surface area contributed by atoms with E-state index in [1.165, 1.54) is 0 Å². The van der Waals surface area contributed by atoms with Gasteiger partial charge in [-0.15, -0.1) is 12.4 Å². The number of carbonyl (C=O) groups is 2. The van der Waals surface area contributed by atoms with Crippen LogP contribution in [0.1, 0.15) is 54.3 Å². The molecule has 1 aromatic carbocycles. The van der Waals surface area contributed by atoms with Crippen molar-refractivity contribution in [3.63, 3.8) is 0 Å². The van der Waals surface area contributed by atoms with Crippen molar-refractivity contribution in [1.29, 1.82) is 0 Å². The molecule has 0 bridgehead atoms. The van der Waals surface area contributed by atoms with Crippen LogP contribution >= 0.6 is 12.4 Å². The Hall–Kier alpha value is -1.59. The van der Waals surface area contributed by atoms with Crippen LogP contribution in [-0.2, 0) is 0 Å². The van der Waals surface area contributed by atoms with Crippen molar-refractivity contribution in [2.45, 2.75) is 39.7 Å². The van der Waals surface area contributed by atoms with E-state index in [0.717, 1.165) is 32.5 Å². The molecule has 0 radical (unpaired) electrons. The number of nitrogens with zero attached hydrogens (tertiary/aromatic N) is 2. The minimum Gasteiger partial charge on any atom is -0.339 e. The highest BCUT2D eigenvalue weighted by atomic mass is 35.5. The Morgan fingerprint density at radius 3 is 2.04 bits per heavy atom. The second-order valence-electron chi connectivity index (χ2n) is 6.20. The van der Waals surface area contributed by atoms with Crippen LogP contribution < -0.4 is 5.32 Å². The highest BCUT2D eigenvalue weighted by molar-refractivity contribution is 5.98. The normalized spacial score (nSPS) is 16.2. The van der Waals surface area contributed by atoms with E-state index >= 15 is 0 Å². The topological polar surface area (TPSA) is 52.7 Å². The lowest BCUT2D eigenvalue weighted by molar-refractivity contribution is 0.0690. The van der Waals surface area contributed by atoms with Gasteiger partial charge >= 0.3 is 0 Å². The van der Waals surface area contributed by atoms with E-state index in [1.54, 1.807) is 29.2 Å². The lowest BCUT2D eigenvalue weighted by Crippen LogP contribution is -2.42. The second kappa shape index (κ2) is 10.4. The van der Waals surface area contributed by atoms with Crippen molar-refractivity contribution in [3.05, 3.63) is 35.4 Å². The SMILES string of the molecule is CCCN(C(=O)c1ccc(C(=O)N(CC)CC)cc1)C1CCNC1.Cl. The molecule has 5 nitrogen and oxygen atoms in total. The summed E-state index contributed by atoms with van der Waals surface area (Å²) in [5.41, 5.74) is 1.30. The van der Waals surface area contributed by atoms with E-state index in [-0.39, 0.29) is 30.3 Å². The van der Waals surface area contributed by atoms with Crippen molar-refractivity contribution in [2.75, 3.05) is 32.7 Å². The maximum absolute atomic E-state index is 12.9.